The molecule has 0 aromatic heterocycles. The minimum Gasteiger partial charge on any atom is -0.489 e. The van der Waals surface area contributed by atoms with Crippen molar-refractivity contribution in [2.75, 3.05) is 25.2 Å². The quantitative estimate of drug-likeness (QED) is 0.568. The summed E-state index contributed by atoms with van der Waals surface area (Å²) in [4.78, 5) is 25.8. The molecule has 3 rings (SSSR count). The average molecular weight is 410 g/mol. The number of esters is 1. The Bertz CT molecular complexity index is 1000. The maximum atomic E-state index is 13.0. The summed E-state index contributed by atoms with van der Waals surface area (Å²) in [5, 5.41) is 0. The molecule has 0 unspecified atom stereocenters. The lowest BCUT2D eigenvalue weighted by atomic mass is 10.1. The maximum absolute atomic E-state index is 13.0. The van der Waals surface area contributed by atoms with E-state index in [9.17, 15) is 18.0 Å². The molecule has 2 aromatic rings. The van der Waals surface area contributed by atoms with E-state index < -0.39 is 15.0 Å². The summed E-state index contributed by atoms with van der Waals surface area (Å²) in [7, 11) is 2.77. The number of amides is 1. The first-order valence-electron chi connectivity index (χ1n) is 7.99. The van der Waals surface area contributed by atoms with Crippen molar-refractivity contribution in [2.45, 2.75) is 11.3 Å². The van der Waals surface area contributed by atoms with E-state index in [1.165, 1.54) is 30.2 Å². The third kappa shape index (κ3) is 4.23. The van der Waals surface area contributed by atoms with Crippen molar-refractivity contribution in [1.29, 1.82) is 0 Å². The lowest BCUT2D eigenvalue weighted by Crippen LogP contribution is -2.38. The summed E-state index contributed by atoms with van der Waals surface area (Å²) in [5.41, 5.74) is 1.51. The van der Waals surface area contributed by atoms with E-state index in [1.54, 1.807) is 24.3 Å². The van der Waals surface area contributed by atoms with Crippen LogP contribution in [0.25, 0.3) is 0 Å². The molecule has 0 N–H and O–H groups in total. The average Bonchev–Trinajstić information content (AvgIpc) is 2.66. The number of ether oxygens (including phenoxy) is 2. The molecule has 0 aliphatic carbocycles. The molecule has 0 fully saturated rings. The largest absolute Gasteiger partial charge is 0.489 e. The molecule has 1 aliphatic rings. The van der Waals surface area contributed by atoms with Gasteiger partial charge in [-0.05, 0) is 29.8 Å². The highest BCUT2D eigenvalue weighted by atomic mass is 35.7. The molecule has 0 saturated heterocycles. The zero-order chi connectivity index (χ0) is 19.6. The van der Waals surface area contributed by atoms with Gasteiger partial charge in [0.2, 0.25) is 0 Å². The van der Waals surface area contributed by atoms with E-state index in [-0.39, 0.29) is 29.6 Å². The fourth-order valence-corrected chi connectivity index (χ4v) is 3.54. The Morgan fingerprint density at radius 1 is 1.22 bits per heavy atom. The van der Waals surface area contributed by atoms with Gasteiger partial charge in [0.05, 0.1) is 30.7 Å². The second-order valence-corrected chi connectivity index (χ2v) is 8.39. The summed E-state index contributed by atoms with van der Waals surface area (Å²) in [6, 6.07) is 10.8. The Kier molecular flexibility index (Phi) is 5.38. The third-order valence-corrected chi connectivity index (χ3v) is 5.42. The van der Waals surface area contributed by atoms with Gasteiger partial charge < -0.3 is 14.4 Å². The van der Waals surface area contributed by atoms with Crippen molar-refractivity contribution in [3.05, 3.63) is 53.6 Å². The molecule has 27 heavy (non-hydrogen) atoms. The fraction of sp³-hybridized carbons (Fsp3) is 0.222. The van der Waals surface area contributed by atoms with Crippen LogP contribution in [0.1, 0.15) is 15.9 Å². The molecule has 1 amide bonds. The number of fused-ring (bicyclic) bond motifs is 1. The first kappa shape index (κ1) is 19.2. The monoisotopic (exact) mass is 409 g/mol. The molecule has 2 aromatic carbocycles. The number of hydrogen-bond acceptors (Lipinski definition) is 6. The van der Waals surface area contributed by atoms with E-state index in [1.807, 2.05) is 0 Å². The summed E-state index contributed by atoms with van der Waals surface area (Å²) >= 11 is 0. The summed E-state index contributed by atoms with van der Waals surface area (Å²) in [6.07, 6.45) is 0.0637. The number of benzene rings is 2. The van der Waals surface area contributed by atoms with E-state index in [4.69, 9.17) is 15.4 Å². The fourth-order valence-electron chi connectivity index (χ4n) is 2.77. The second kappa shape index (κ2) is 7.58. The molecule has 0 bridgehead atoms. The normalized spacial score (nSPS) is 13.5. The van der Waals surface area contributed by atoms with E-state index in [2.05, 4.69) is 4.74 Å². The van der Waals surface area contributed by atoms with Gasteiger partial charge in [-0.3, -0.25) is 9.59 Å². The molecule has 1 heterocycles. The number of nitrogens with zero attached hydrogens (tertiary/aromatic N) is 1. The van der Waals surface area contributed by atoms with Crippen LogP contribution in [-0.2, 0) is 25.0 Å². The van der Waals surface area contributed by atoms with Gasteiger partial charge in [0.15, 0.2) is 0 Å². The van der Waals surface area contributed by atoms with Gasteiger partial charge in [-0.25, -0.2) is 8.42 Å². The molecule has 0 spiro atoms. The number of methoxy groups -OCH3 is 1. The maximum Gasteiger partial charge on any atom is 0.309 e. The minimum atomic E-state index is -3.90. The van der Waals surface area contributed by atoms with Gasteiger partial charge in [0.1, 0.15) is 12.4 Å². The van der Waals surface area contributed by atoms with Crippen LogP contribution in [0.5, 0.6) is 5.75 Å². The Labute approximate surface area is 160 Å². The van der Waals surface area contributed by atoms with Crippen molar-refractivity contribution in [2.24, 2.45) is 0 Å². The van der Waals surface area contributed by atoms with Crippen molar-refractivity contribution < 1.29 is 27.5 Å². The standard InChI is InChI=1S/C18H16ClNO6S/c1-25-17(21)10-12-3-2-4-13(9-12)18(22)20-7-8-26-16-11-14(27(19,23)24)5-6-15(16)20/h2-6,9,11H,7-8,10H2,1H3. The van der Waals surface area contributed by atoms with E-state index >= 15 is 0 Å². The Morgan fingerprint density at radius 3 is 2.70 bits per heavy atom. The van der Waals surface area contributed by atoms with Crippen LogP contribution in [0.15, 0.2) is 47.4 Å². The lowest BCUT2D eigenvalue weighted by Gasteiger charge is -2.30. The zero-order valence-electron chi connectivity index (χ0n) is 14.3. The predicted octanol–water partition coefficient (Wildman–Crippen LogP) is 2.37. The Hall–Kier alpha value is -2.58. The molecule has 9 heteroatoms. The molecule has 0 atom stereocenters. The van der Waals surface area contributed by atoms with Crippen molar-refractivity contribution in [3.63, 3.8) is 0 Å². The minimum absolute atomic E-state index is 0.0637. The van der Waals surface area contributed by atoms with Crippen molar-refractivity contribution >= 4 is 37.3 Å². The molecule has 0 saturated carbocycles. The first-order chi connectivity index (χ1) is 12.8. The topological polar surface area (TPSA) is 90.0 Å². The molecule has 7 nitrogen and oxygen atoms in total. The smallest absolute Gasteiger partial charge is 0.309 e. The van der Waals surface area contributed by atoms with Crippen LogP contribution in [0.4, 0.5) is 5.69 Å². The zero-order valence-corrected chi connectivity index (χ0v) is 15.9. The first-order valence-corrected chi connectivity index (χ1v) is 10.3. The number of anilines is 1. The number of rotatable bonds is 4. The van der Waals surface area contributed by atoms with Crippen LogP contribution in [0, 0.1) is 0 Å². The predicted molar refractivity (Wildman–Crippen MR) is 98.8 cm³/mol. The number of hydrogen-bond donors (Lipinski definition) is 0. The highest BCUT2D eigenvalue weighted by molar-refractivity contribution is 8.13. The van der Waals surface area contributed by atoms with Gasteiger partial charge >= 0.3 is 5.97 Å². The van der Waals surface area contributed by atoms with E-state index in [0.717, 1.165) is 0 Å². The lowest BCUT2D eigenvalue weighted by molar-refractivity contribution is -0.139. The Morgan fingerprint density at radius 2 is 2.00 bits per heavy atom. The van der Waals surface area contributed by atoms with Crippen molar-refractivity contribution in [1.82, 2.24) is 0 Å². The summed E-state index contributed by atoms with van der Waals surface area (Å²) in [5.74, 6) is -0.416. The molecule has 1 aliphatic heterocycles. The number of carbonyl (C=O) groups excluding carboxylic acids is 2. The van der Waals surface area contributed by atoms with Crippen LogP contribution in [0.2, 0.25) is 0 Å². The number of halogens is 1. The van der Waals surface area contributed by atoms with Gasteiger partial charge in [-0.2, -0.15) is 0 Å². The van der Waals surface area contributed by atoms with Gasteiger partial charge in [-0.15, -0.1) is 0 Å². The van der Waals surface area contributed by atoms with Gasteiger partial charge in [0, 0.05) is 22.3 Å². The highest BCUT2D eigenvalue weighted by Crippen LogP contribution is 2.35. The molecular weight excluding hydrogens is 394 g/mol. The van der Waals surface area contributed by atoms with E-state index in [0.29, 0.717) is 23.4 Å². The molecular formula is C18H16ClNO6S. The van der Waals surface area contributed by atoms with Gasteiger partial charge in [-0.1, -0.05) is 12.1 Å². The van der Waals surface area contributed by atoms with Crippen LogP contribution >= 0.6 is 10.7 Å². The second-order valence-electron chi connectivity index (χ2n) is 5.83. The summed E-state index contributed by atoms with van der Waals surface area (Å²) < 4.78 is 33.1. The number of carbonyl (C=O) groups is 2. The van der Waals surface area contributed by atoms with Crippen LogP contribution in [0.3, 0.4) is 0 Å². The summed E-state index contributed by atoms with van der Waals surface area (Å²) in [6.45, 7) is 0.520. The molecule has 142 valence electrons. The molecule has 0 radical (unpaired) electrons. The van der Waals surface area contributed by atoms with Gasteiger partial charge in [0.25, 0.3) is 15.0 Å². The highest BCUT2D eigenvalue weighted by Gasteiger charge is 2.26. The third-order valence-electron chi connectivity index (χ3n) is 4.07. The Balaban J connectivity index is 1.91. The van der Waals surface area contributed by atoms with Crippen LogP contribution < -0.4 is 9.64 Å². The van der Waals surface area contributed by atoms with Crippen LogP contribution in [-0.4, -0.2) is 40.6 Å². The van der Waals surface area contributed by atoms with Crippen molar-refractivity contribution in [3.8, 4) is 5.75 Å². The SMILES string of the molecule is COC(=O)Cc1cccc(C(=O)N2CCOc3cc(S(=O)(=O)Cl)ccc32)c1.